The van der Waals surface area contributed by atoms with E-state index in [1.807, 2.05) is 31.2 Å². The molecule has 0 aliphatic carbocycles. The number of anilines is 1. The Bertz CT molecular complexity index is 854. The number of carbonyl (C=O) groups excluding carboxylic acids is 1. The van der Waals surface area contributed by atoms with Gasteiger partial charge in [-0.25, -0.2) is 0 Å². The summed E-state index contributed by atoms with van der Waals surface area (Å²) >= 11 is 0. The summed E-state index contributed by atoms with van der Waals surface area (Å²) in [7, 11) is 0. The van der Waals surface area contributed by atoms with Crippen LogP contribution >= 0.6 is 0 Å². The second-order valence-electron chi connectivity index (χ2n) is 5.06. The van der Waals surface area contributed by atoms with E-state index in [-0.39, 0.29) is 12.2 Å². The fraction of sp³-hybridized carbons (Fsp3) is 0.100. The Balaban J connectivity index is 2.18. The molecule has 2 rings (SSSR count). The SMILES string of the molecule is C#CCOc1cccc(/C=C(/C#N)C(=O)Nc2cccc(C)c2)c1. The number of aryl methyl sites for hydroxylation is 1. The number of rotatable bonds is 5. The molecule has 0 aliphatic heterocycles. The Morgan fingerprint density at radius 3 is 2.79 bits per heavy atom. The molecular formula is C20H16N2O2. The lowest BCUT2D eigenvalue weighted by Crippen LogP contribution is -2.13. The second-order valence-corrected chi connectivity index (χ2v) is 5.06. The van der Waals surface area contributed by atoms with Gasteiger partial charge in [0.05, 0.1) is 0 Å². The van der Waals surface area contributed by atoms with Crippen LogP contribution in [-0.2, 0) is 4.79 Å². The number of terminal acetylenes is 1. The van der Waals surface area contributed by atoms with Crippen LogP contribution in [0.3, 0.4) is 0 Å². The van der Waals surface area contributed by atoms with Gasteiger partial charge in [0.2, 0.25) is 0 Å². The molecule has 0 spiro atoms. The van der Waals surface area contributed by atoms with Crippen LogP contribution in [0.5, 0.6) is 5.75 Å². The van der Waals surface area contributed by atoms with E-state index in [1.165, 1.54) is 6.08 Å². The molecular weight excluding hydrogens is 300 g/mol. The van der Waals surface area contributed by atoms with Crippen molar-refractivity contribution in [2.45, 2.75) is 6.92 Å². The third-order valence-electron chi connectivity index (χ3n) is 3.13. The van der Waals surface area contributed by atoms with Gasteiger partial charge in [0.15, 0.2) is 0 Å². The lowest BCUT2D eigenvalue weighted by atomic mass is 10.1. The molecule has 2 aromatic carbocycles. The van der Waals surface area contributed by atoms with Gasteiger partial charge in [0.1, 0.15) is 24.0 Å². The Morgan fingerprint density at radius 2 is 2.08 bits per heavy atom. The number of amides is 1. The Kier molecular flexibility index (Phi) is 5.77. The Morgan fingerprint density at radius 1 is 1.29 bits per heavy atom. The molecule has 0 radical (unpaired) electrons. The summed E-state index contributed by atoms with van der Waals surface area (Å²) in [6.45, 7) is 2.09. The minimum atomic E-state index is -0.460. The number of hydrogen-bond acceptors (Lipinski definition) is 3. The van der Waals surface area contributed by atoms with Gasteiger partial charge in [-0.3, -0.25) is 4.79 Å². The van der Waals surface area contributed by atoms with Crippen LogP contribution in [0.4, 0.5) is 5.69 Å². The van der Waals surface area contributed by atoms with Crippen molar-refractivity contribution >= 4 is 17.7 Å². The van der Waals surface area contributed by atoms with Gasteiger partial charge in [0, 0.05) is 5.69 Å². The highest BCUT2D eigenvalue weighted by Gasteiger charge is 2.09. The van der Waals surface area contributed by atoms with E-state index in [4.69, 9.17) is 11.2 Å². The normalized spacial score (nSPS) is 10.4. The summed E-state index contributed by atoms with van der Waals surface area (Å²) in [5.41, 5.74) is 2.35. The molecule has 118 valence electrons. The highest BCUT2D eigenvalue weighted by Crippen LogP contribution is 2.17. The van der Waals surface area contributed by atoms with E-state index in [0.717, 1.165) is 5.56 Å². The lowest BCUT2D eigenvalue weighted by molar-refractivity contribution is -0.112. The van der Waals surface area contributed by atoms with Gasteiger partial charge in [-0.15, -0.1) is 6.42 Å². The molecule has 0 bridgehead atoms. The van der Waals surface area contributed by atoms with E-state index < -0.39 is 5.91 Å². The number of nitrogens with zero attached hydrogens (tertiary/aromatic N) is 1. The number of benzene rings is 2. The molecule has 0 heterocycles. The zero-order valence-corrected chi connectivity index (χ0v) is 13.2. The summed E-state index contributed by atoms with van der Waals surface area (Å²) in [5.74, 6) is 2.50. The molecule has 0 saturated heterocycles. The van der Waals surface area contributed by atoms with Crippen LogP contribution < -0.4 is 10.1 Å². The van der Waals surface area contributed by atoms with E-state index in [9.17, 15) is 10.1 Å². The van der Waals surface area contributed by atoms with Crippen LogP contribution in [0.25, 0.3) is 6.08 Å². The topological polar surface area (TPSA) is 62.1 Å². The van der Waals surface area contributed by atoms with E-state index in [0.29, 0.717) is 17.0 Å². The third kappa shape index (κ3) is 4.76. The maximum Gasteiger partial charge on any atom is 0.266 e. The van der Waals surface area contributed by atoms with E-state index in [2.05, 4.69) is 11.2 Å². The number of ether oxygens (including phenoxy) is 1. The summed E-state index contributed by atoms with van der Waals surface area (Å²) < 4.78 is 5.33. The minimum Gasteiger partial charge on any atom is -0.481 e. The smallest absolute Gasteiger partial charge is 0.266 e. The molecule has 1 amide bonds. The predicted octanol–water partition coefficient (Wildman–Crippen LogP) is 3.55. The van der Waals surface area contributed by atoms with Gasteiger partial charge < -0.3 is 10.1 Å². The first-order valence-electron chi connectivity index (χ1n) is 7.28. The zero-order valence-electron chi connectivity index (χ0n) is 13.2. The Hall–Kier alpha value is -3.50. The number of carbonyl (C=O) groups is 1. The summed E-state index contributed by atoms with van der Waals surface area (Å²) in [5, 5.41) is 12.0. The van der Waals surface area contributed by atoms with Gasteiger partial charge in [-0.2, -0.15) is 5.26 Å². The second kappa shape index (κ2) is 8.22. The van der Waals surface area contributed by atoms with Crippen LogP contribution in [0.15, 0.2) is 54.1 Å². The van der Waals surface area contributed by atoms with Gasteiger partial charge in [-0.1, -0.05) is 30.2 Å². The third-order valence-corrected chi connectivity index (χ3v) is 3.13. The molecule has 0 unspecified atom stereocenters. The van der Waals surface area contributed by atoms with Crippen LogP contribution in [0.1, 0.15) is 11.1 Å². The van der Waals surface area contributed by atoms with Crippen molar-refractivity contribution in [2.75, 3.05) is 11.9 Å². The van der Waals surface area contributed by atoms with Crippen molar-refractivity contribution in [3.05, 3.63) is 65.2 Å². The fourth-order valence-electron chi connectivity index (χ4n) is 2.06. The number of nitriles is 1. The summed E-state index contributed by atoms with van der Waals surface area (Å²) in [4.78, 5) is 12.3. The molecule has 0 atom stereocenters. The van der Waals surface area contributed by atoms with Gasteiger partial charge in [-0.05, 0) is 48.4 Å². The average Bonchev–Trinajstić information content (AvgIpc) is 2.58. The number of hydrogen-bond donors (Lipinski definition) is 1. The summed E-state index contributed by atoms with van der Waals surface area (Å²) in [6.07, 6.45) is 6.67. The molecule has 0 saturated carbocycles. The Labute approximate surface area is 141 Å². The molecule has 0 fully saturated rings. The lowest BCUT2D eigenvalue weighted by Gasteiger charge is -2.06. The van der Waals surface area contributed by atoms with Crippen molar-refractivity contribution < 1.29 is 9.53 Å². The van der Waals surface area contributed by atoms with Crippen molar-refractivity contribution in [3.63, 3.8) is 0 Å². The fourth-order valence-corrected chi connectivity index (χ4v) is 2.06. The van der Waals surface area contributed by atoms with Crippen molar-refractivity contribution in [1.82, 2.24) is 0 Å². The molecule has 24 heavy (non-hydrogen) atoms. The van der Waals surface area contributed by atoms with Crippen LogP contribution in [0, 0.1) is 30.6 Å². The highest BCUT2D eigenvalue weighted by atomic mass is 16.5. The van der Waals surface area contributed by atoms with Crippen molar-refractivity contribution in [1.29, 1.82) is 5.26 Å². The number of nitrogens with one attached hydrogen (secondary N) is 1. The average molecular weight is 316 g/mol. The van der Waals surface area contributed by atoms with Crippen molar-refractivity contribution in [2.24, 2.45) is 0 Å². The quantitative estimate of drug-likeness (QED) is 0.521. The maximum atomic E-state index is 12.3. The minimum absolute atomic E-state index is 0.00519. The van der Waals surface area contributed by atoms with E-state index >= 15 is 0 Å². The first-order chi connectivity index (χ1) is 11.6. The van der Waals surface area contributed by atoms with Crippen LogP contribution in [-0.4, -0.2) is 12.5 Å². The van der Waals surface area contributed by atoms with Gasteiger partial charge in [0.25, 0.3) is 5.91 Å². The monoisotopic (exact) mass is 316 g/mol. The highest BCUT2D eigenvalue weighted by molar-refractivity contribution is 6.09. The largest absolute Gasteiger partial charge is 0.481 e. The first kappa shape index (κ1) is 16.9. The molecule has 2 aromatic rings. The molecule has 0 aromatic heterocycles. The summed E-state index contributed by atoms with van der Waals surface area (Å²) in [6, 6.07) is 16.3. The molecule has 4 nitrogen and oxygen atoms in total. The predicted molar refractivity (Wildman–Crippen MR) is 94.2 cm³/mol. The van der Waals surface area contributed by atoms with Crippen molar-refractivity contribution in [3.8, 4) is 24.2 Å². The molecule has 1 N–H and O–H groups in total. The maximum absolute atomic E-state index is 12.3. The van der Waals surface area contributed by atoms with E-state index in [1.54, 1.807) is 30.3 Å². The van der Waals surface area contributed by atoms with Crippen LogP contribution in [0.2, 0.25) is 0 Å². The standard InChI is InChI=1S/C20H16N2O2/c1-3-10-24-19-9-5-7-16(13-19)12-17(14-21)20(23)22-18-8-4-6-15(2)11-18/h1,4-9,11-13H,10H2,2H3,(H,22,23)/b17-12-. The zero-order chi connectivity index (χ0) is 17.4. The molecule has 0 aliphatic rings. The molecule has 4 heteroatoms. The first-order valence-corrected chi connectivity index (χ1v) is 7.28. The van der Waals surface area contributed by atoms with Gasteiger partial charge >= 0.3 is 0 Å².